The number of carbonyl (C=O) groups excluding carboxylic acids is 1. The van der Waals surface area contributed by atoms with Crippen LogP contribution in [0.15, 0.2) is 24.3 Å². The first-order valence-corrected chi connectivity index (χ1v) is 8.30. The Morgan fingerprint density at radius 1 is 1.36 bits per heavy atom. The second-order valence-corrected chi connectivity index (χ2v) is 6.28. The molecule has 6 nitrogen and oxygen atoms in total. The third kappa shape index (κ3) is 4.45. The highest BCUT2D eigenvalue weighted by Crippen LogP contribution is 2.33. The normalized spacial score (nSPS) is 17.5. The second kappa shape index (κ2) is 7.36. The minimum Gasteiger partial charge on any atom is -0.490 e. The number of hydrogen-bond donors (Lipinski definition) is 1. The first-order valence-electron chi connectivity index (χ1n) is 7.49. The first kappa shape index (κ1) is 17.6. The number of rotatable bonds is 5. The molecule has 1 amide bonds. The van der Waals surface area contributed by atoms with Crippen molar-refractivity contribution in [2.45, 2.75) is 25.1 Å². The Morgan fingerprint density at radius 3 is 2.84 bits per heavy atom. The van der Waals surface area contributed by atoms with Gasteiger partial charge in [-0.2, -0.15) is 13.2 Å². The van der Waals surface area contributed by atoms with Crippen molar-refractivity contribution >= 4 is 22.4 Å². The Bertz CT molecular complexity index is 745. The summed E-state index contributed by atoms with van der Waals surface area (Å²) in [5.41, 5.74) is 0.198. The SMILES string of the molecule is O=C(Nc1nnc(C(F)(F)F)s1)c1ccccc1OCC1CCCO1. The lowest BCUT2D eigenvalue weighted by atomic mass is 10.2. The van der Waals surface area contributed by atoms with E-state index in [4.69, 9.17) is 9.47 Å². The van der Waals surface area contributed by atoms with Gasteiger partial charge in [0, 0.05) is 6.61 Å². The lowest BCUT2D eigenvalue weighted by Gasteiger charge is -2.14. The number of aromatic nitrogens is 2. The van der Waals surface area contributed by atoms with Crippen LogP contribution in [0.25, 0.3) is 0 Å². The molecular weight excluding hydrogens is 359 g/mol. The predicted molar refractivity (Wildman–Crippen MR) is 83.8 cm³/mol. The van der Waals surface area contributed by atoms with E-state index in [1.54, 1.807) is 18.2 Å². The fraction of sp³-hybridized carbons (Fsp3) is 0.400. The average molecular weight is 373 g/mol. The molecule has 1 saturated heterocycles. The van der Waals surface area contributed by atoms with Crippen molar-refractivity contribution in [2.75, 3.05) is 18.5 Å². The van der Waals surface area contributed by atoms with Gasteiger partial charge in [0.25, 0.3) is 5.91 Å². The number of para-hydroxylation sites is 1. The number of amides is 1. The van der Waals surface area contributed by atoms with Gasteiger partial charge in [-0.05, 0) is 25.0 Å². The summed E-state index contributed by atoms with van der Waals surface area (Å²) in [5.74, 6) is -0.288. The standard InChI is InChI=1S/C15H14F3N3O3S/c16-15(17,18)13-20-21-14(25-13)19-12(22)10-5-1-2-6-11(10)24-8-9-4-3-7-23-9/h1-2,5-6,9H,3-4,7-8H2,(H,19,21,22). The van der Waals surface area contributed by atoms with Crippen LogP contribution in [-0.2, 0) is 10.9 Å². The largest absolute Gasteiger partial charge is 0.490 e. The van der Waals surface area contributed by atoms with Crippen LogP contribution in [0.1, 0.15) is 28.2 Å². The molecule has 1 aromatic carbocycles. The zero-order chi connectivity index (χ0) is 17.9. The highest BCUT2D eigenvalue weighted by Gasteiger charge is 2.36. The van der Waals surface area contributed by atoms with E-state index in [1.807, 2.05) is 0 Å². The van der Waals surface area contributed by atoms with Gasteiger partial charge < -0.3 is 9.47 Å². The minimum atomic E-state index is -4.59. The molecule has 1 aliphatic rings. The van der Waals surface area contributed by atoms with Gasteiger partial charge in [0.1, 0.15) is 12.4 Å². The van der Waals surface area contributed by atoms with E-state index >= 15 is 0 Å². The first-order chi connectivity index (χ1) is 11.9. The summed E-state index contributed by atoms with van der Waals surface area (Å²) in [6.07, 6.45) is -2.76. The van der Waals surface area contributed by atoms with Crippen LogP contribution in [0.4, 0.5) is 18.3 Å². The summed E-state index contributed by atoms with van der Waals surface area (Å²) in [4.78, 5) is 12.3. The van der Waals surface area contributed by atoms with E-state index in [1.165, 1.54) is 6.07 Å². The van der Waals surface area contributed by atoms with Crippen molar-refractivity contribution in [1.82, 2.24) is 10.2 Å². The van der Waals surface area contributed by atoms with E-state index in [-0.39, 0.29) is 28.1 Å². The Balaban J connectivity index is 1.68. The molecule has 1 atom stereocenters. The van der Waals surface area contributed by atoms with Crippen molar-refractivity contribution in [2.24, 2.45) is 0 Å². The molecule has 1 fully saturated rings. The summed E-state index contributed by atoms with van der Waals surface area (Å²) in [6, 6.07) is 6.47. The van der Waals surface area contributed by atoms with Crippen molar-refractivity contribution in [3.05, 3.63) is 34.8 Å². The Labute approximate surface area is 145 Å². The van der Waals surface area contributed by atoms with Crippen molar-refractivity contribution in [3.8, 4) is 5.75 Å². The number of alkyl halides is 3. The van der Waals surface area contributed by atoms with Gasteiger partial charge in [-0.25, -0.2) is 0 Å². The molecule has 0 radical (unpaired) electrons. The molecule has 1 aromatic heterocycles. The van der Waals surface area contributed by atoms with Gasteiger partial charge in [-0.1, -0.05) is 23.5 Å². The smallest absolute Gasteiger partial charge is 0.445 e. The molecule has 1 aliphatic heterocycles. The molecule has 3 rings (SSSR count). The van der Waals surface area contributed by atoms with Crippen LogP contribution in [0, 0.1) is 0 Å². The molecule has 2 heterocycles. The van der Waals surface area contributed by atoms with Gasteiger partial charge in [0.15, 0.2) is 0 Å². The van der Waals surface area contributed by atoms with Gasteiger partial charge in [0.2, 0.25) is 10.1 Å². The number of anilines is 1. The molecule has 10 heteroatoms. The van der Waals surface area contributed by atoms with Crippen molar-refractivity contribution in [3.63, 3.8) is 0 Å². The van der Waals surface area contributed by atoms with Crippen LogP contribution in [0.3, 0.4) is 0 Å². The fourth-order valence-corrected chi connectivity index (χ4v) is 2.90. The average Bonchev–Trinajstić information content (AvgIpc) is 3.24. The maximum absolute atomic E-state index is 12.5. The summed E-state index contributed by atoms with van der Waals surface area (Å²) in [7, 11) is 0. The lowest BCUT2D eigenvalue weighted by molar-refractivity contribution is -0.138. The number of nitrogens with one attached hydrogen (secondary N) is 1. The van der Waals surface area contributed by atoms with E-state index in [0.717, 1.165) is 12.8 Å². The maximum Gasteiger partial charge on any atom is 0.445 e. The number of halogens is 3. The van der Waals surface area contributed by atoms with Crippen LogP contribution in [-0.4, -0.2) is 35.4 Å². The van der Waals surface area contributed by atoms with Crippen molar-refractivity contribution in [1.29, 1.82) is 0 Å². The topological polar surface area (TPSA) is 73.3 Å². The van der Waals surface area contributed by atoms with Crippen molar-refractivity contribution < 1.29 is 27.4 Å². The number of nitrogens with zero attached hydrogens (tertiary/aromatic N) is 2. The Morgan fingerprint density at radius 2 is 2.16 bits per heavy atom. The second-order valence-electron chi connectivity index (χ2n) is 5.31. The zero-order valence-electron chi connectivity index (χ0n) is 12.9. The summed E-state index contributed by atoms with van der Waals surface area (Å²) in [6.45, 7) is 0.996. The maximum atomic E-state index is 12.5. The van der Waals surface area contributed by atoms with Gasteiger partial charge in [-0.15, -0.1) is 10.2 Å². The lowest BCUT2D eigenvalue weighted by Crippen LogP contribution is -2.19. The third-order valence-corrected chi connectivity index (χ3v) is 4.35. The molecule has 134 valence electrons. The molecular formula is C15H14F3N3O3S. The number of benzene rings is 1. The monoisotopic (exact) mass is 373 g/mol. The molecule has 0 bridgehead atoms. The highest BCUT2D eigenvalue weighted by atomic mass is 32.1. The van der Waals surface area contributed by atoms with E-state index < -0.39 is 17.1 Å². The molecule has 0 spiro atoms. The molecule has 0 saturated carbocycles. The summed E-state index contributed by atoms with van der Waals surface area (Å²) < 4.78 is 48.7. The minimum absolute atomic E-state index is 0.0198. The van der Waals surface area contributed by atoms with Crippen LogP contribution in [0.2, 0.25) is 0 Å². The van der Waals surface area contributed by atoms with Gasteiger partial charge in [0.05, 0.1) is 11.7 Å². The van der Waals surface area contributed by atoms with Crippen LogP contribution in [0.5, 0.6) is 5.75 Å². The highest BCUT2D eigenvalue weighted by molar-refractivity contribution is 7.15. The van der Waals surface area contributed by atoms with Crippen LogP contribution < -0.4 is 10.1 Å². The van der Waals surface area contributed by atoms with Gasteiger partial charge in [-0.3, -0.25) is 10.1 Å². The van der Waals surface area contributed by atoms with E-state index in [2.05, 4.69) is 15.5 Å². The third-order valence-electron chi connectivity index (χ3n) is 3.47. The molecule has 2 aromatic rings. The van der Waals surface area contributed by atoms with Crippen LogP contribution >= 0.6 is 11.3 Å². The zero-order valence-corrected chi connectivity index (χ0v) is 13.7. The van der Waals surface area contributed by atoms with E-state index in [0.29, 0.717) is 19.0 Å². The molecule has 1 unspecified atom stereocenters. The van der Waals surface area contributed by atoms with E-state index in [9.17, 15) is 18.0 Å². The molecule has 1 N–H and O–H groups in total. The summed E-state index contributed by atoms with van der Waals surface area (Å²) >= 11 is 0.262. The predicted octanol–water partition coefficient (Wildman–Crippen LogP) is 3.37. The number of ether oxygens (including phenoxy) is 2. The Hall–Kier alpha value is -2.20. The fourth-order valence-electron chi connectivity index (χ4n) is 2.29. The summed E-state index contributed by atoms with van der Waals surface area (Å²) in [5, 5.41) is 7.33. The molecule has 25 heavy (non-hydrogen) atoms. The molecule has 0 aliphatic carbocycles. The quantitative estimate of drug-likeness (QED) is 0.870. The number of hydrogen-bond acceptors (Lipinski definition) is 6. The Kier molecular flexibility index (Phi) is 5.19. The van der Waals surface area contributed by atoms with Gasteiger partial charge >= 0.3 is 6.18 Å². The number of carbonyl (C=O) groups is 1.